The molecule has 7 heteroatoms. The van der Waals surface area contributed by atoms with Crippen molar-refractivity contribution >= 4 is 10.0 Å². The minimum absolute atomic E-state index is 0.223. The summed E-state index contributed by atoms with van der Waals surface area (Å²) in [5.41, 5.74) is 1.04. The van der Waals surface area contributed by atoms with Gasteiger partial charge in [0.05, 0.1) is 25.5 Å². The minimum Gasteiger partial charge on any atom is -0.461 e. The van der Waals surface area contributed by atoms with Crippen LogP contribution in [0.25, 0.3) is 0 Å². The van der Waals surface area contributed by atoms with Crippen LogP contribution in [0.1, 0.15) is 5.56 Å². The molecule has 0 fully saturated rings. The molecule has 0 spiro atoms. The van der Waals surface area contributed by atoms with Gasteiger partial charge in [0.1, 0.15) is 11.9 Å². The van der Waals surface area contributed by atoms with Crippen LogP contribution in [0, 0.1) is 0 Å². The highest BCUT2D eigenvalue weighted by Gasteiger charge is 2.30. The van der Waals surface area contributed by atoms with E-state index in [4.69, 9.17) is 14.2 Å². The van der Waals surface area contributed by atoms with Crippen molar-refractivity contribution in [1.29, 1.82) is 0 Å². The minimum atomic E-state index is -3.39. The van der Waals surface area contributed by atoms with E-state index >= 15 is 0 Å². The number of sulfonamides is 1. The van der Waals surface area contributed by atoms with E-state index in [0.29, 0.717) is 12.4 Å². The van der Waals surface area contributed by atoms with Crippen LogP contribution < -0.4 is 9.46 Å². The molecular weight excluding hydrogens is 366 g/mol. The zero-order valence-electron chi connectivity index (χ0n) is 15.0. The highest BCUT2D eigenvalue weighted by molar-refractivity contribution is 7.88. The topological polar surface area (TPSA) is 73.9 Å². The second-order valence-corrected chi connectivity index (χ2v) is 8.06. The van der Waals surface area contributed by atoms with Crippen molar-refractivity contribution in [1.82, 2.24) is 4.72 Å². The van der Waals surface area contributed by atoms with Crippen molar-refractivity contribution in [3.8, 4) is 5.75 Å². The van der Waals surface area contributed by atoms with Crippen LogP contribution >= 0.6 is 0 Å². The molecule has 0 aromatic heterocycles. The third-order valence-corrected chi connectivity index (χ3v) is 4.62. The molecule has 2 aromatic rings. The van der Waals surface area contributed by atoms with Crippen LogP contribution in [0.3, 0.4) is 0 Å². The van der Waals surface area contributed by atoms with Crippen LogP contribution in [0.2, 0.25) is 0 Å². The lowest BCUT2D eigenvalue weighted by Gasteiger charge is -2.32. The molecule has 0 amide bonds. The highest BCUT2D eigenvalue weighted by Crippen LogP contribution is 2.19. The fourth-order valence-corrected chi connectivity index (χ4v) is 3.43. The SMILES string of the molecule is CS(=O)(=O)N[C@H]1C=C[C@@H](Oc2ccccc2)O[C@@H]1COCc1ccccc1. The highest BCUT2D eigenvalue weighted by atomic mass is 32.2. The van der Waals surface area contributed by atoms with Crippen molar-refractivity contribution in [3.63, 3.8) is 0 Å². The fourth-order valence-electron chi connectivity index (χ4n) is 2.71. The molecule has 2 aromatic carbocycles. The second-order valence-electron chi connectivity index (χ2n) is 6.28. The lowest BCUT2D eigenvalue weighted by molar-refractivity contribution is -0.127. The van der Waals surface area contributed by atoms with Gasteiger partial charge in [-0.2, -0.15) is 0 Å². The third-order valence-electron chi connectivity index (χ3n) is 3.92. The summed E-state index contributed by atoms with van der Waals surface area (Å²) in [4.78, 5) is 0. The predicted octanol–water partition coefficient (Wildman–Crippen LogP) is 2.48. The first-order valence-electron chi connectivity index (χ1n) is 8.64. The number of rotatable bonds is 8. The smallest absolute Gasteiger partial charge is 0.220 e. The number of hydrogen-bond donors (Lipinski definition) is 1. The van der Waals surface area contributed by atoms with E-state index in [-0.39, 0.29) is 6.61 Å². The van der Waals surface area contributed by atoms with E-state index in [1.54, 1.807) is 12.2 Å². The maximum Gasteiger partial charge on any atom is 0.220 e. The summed E-state index contributed by atoms with van der Waals surface area (Å²) in [6, 6.07) is 18.5. The quantitative estimate of drug-likeness (QED) is 0.702. The van der Waals surface area contributed by atoms with Crippen LogP contribution in [0.15, 0.2) is 72.8 Å². The van der Waals surface area contributed by atoms with E-state index in [0.717, 1.165) is 11.8 Å². The Bertz CT molecular complexity index is 839. The maximum atomic E-state index is 11.6. The third kappa shape index (κ3) is 6.48. The molecule has 3 rings (SSSR count). The molecule has 0 radical (unpaired) electrons. The van der Waals surface area contributed by atoms with Gasteiger partial charge in [-0.25, -0.2) is 13.1 Å². The van der Waals surface area contributed by atoms with Crippen molar-refractivity contribution in [2.24, 2.45) is 0 Å². The summed E-state index contributed by atoms with van der Waals surface area (Å²) in [7, 11) is -3.39. The lowest BCUT2D eigenvalue weighted by Crippen LogP contribution is -2.49. The number of nitrogens with one attached hydrogen (secondary N) is 1. The average Bonchev–Trinajstić information content (AvgIpc) is 2.64. The fraction of sp³-hybridized carbons (Fsp3) is 0.300. The van der Waals surface area contributed by atoms with Gasteiger partial charge in [0.2, 0.25) is 16.3 Å². The first-order chi connectivity index (χ1) is 13.0. The van der Waals surface area contributed by atoms with Gasteiger partial charge in [-0.15, -0.1) is 0 Å². The molecule has 1 heterocycles. The normalized spacial score (nSPS) is 22.5. The van der Waals surface area contributed by atoms with E-state index in [1.165, 1.54) is 0 Å². The first kappa shape index (κ1) is 19.6. The van der Waals surface area contributed by atoms with Gasteiger partial charge in [0, 0.05) is 0 Å². The molecule has 1 N–H and O–H groups in total. The average molecular weight is 389 g/mol. The van der Waals surface area contributed by atoms with E-state index in [9.17, 15) is 8.42 Å². The van der Waals surface area contributed by atoms with E-state index in [1.807, 2.05) is 60.7 Å². The van der Waals surface area contributed by atoms with Gasteiger partial charge in [0.25, 0.3) is 0 Å². The summed E-state index contributed by atoms with van der Waals surface area (Å²) in [5, 5.41) is 0. The Morgan fingerprint density at radius 3 is 2.33 bits per heavy atom. The van der Waals surface area contributed by atoms with Crippen molar-refractivity contribution in [3.05, 3.63) is 78.4 Å². The van der Waals surface area contributed by atoms with E-state index < -0.39 is 28.5 Å². The summed E-state index contributed by atoms with van der Waals surface area (Å²) in [5.74, 6) is 0.672. The van der Waals surface area contributed by atoms with Gasteiger partial charge in [-0.1, -0.05) is 54.6 Å². The standard InChI is InChI=1S/C20H23NO5S/c1-27(22,23)21-18-12-13-20(25-17-10-6-3-7-11-17)26-19(18)15-24-14-16-8-4-2-5-9-16/h2-13,18-21H,14-15H2,1H3/t18-,19+,20-/m0/s1. The Balaban J connectivity index is 1.63. The van der Waals surface area contributed by atoms with Crippen LogP contribution in [0.4, 0.5) is 0 Å². The van der Waals surface area contributed by atoms with Gasteiger partial charge in [0.15, 0.2) is 0 Å². The number of ether oxygens (including phenoxy) is 3. The van der Waals surface area contributed by atoms with Crippen LogP contribution in [0.5, 0.6) is 5.75 Å². The summed E-state index contributed by atoms with van der Waals surface area (Å²) in [6.07, 6.45) is 3.44. The molecule has 1 aliphatic rings. The number of para-hydroxylation sites is 1. The molecule has 0 bridgehead atoms. The van der Waals surface area contributed by atoms with Crippen LogP contribution in [-0.4, -0.2) is 39.7 Å². The van der Waals surface area contributed by atoms with Crippen molar-refractivity contribution in [2.75, 3.05) is 12.9 Å². The molecule has 0 saturated carbocycles. The maximum absolute atomic E-state index is 11.6. The Kier molecular flexibility index (Phi) is 6.63. The van der Waals surface area contributed by atoms with Crippen LogP contribution in [-0.2, 0) is 26.1 Å². The first-order valence-corrected chi connectivity index (χ1v) is 10.5. The Morgan fingerprint density at radius 1 is 1.00 bits per heavy atom. The Labute approximate surface area is 159 Å². The molecule has 0 unspecified atom stereocenters. The molecule has 1 aliphatic heterocycles. The van der Waals surface area contributed by atoms with Crippen molar-refractivity contribution < 1.29 is 22.6 Å². The molecule has 144 valence electrons. The Morgan fingerprint density at radius 2 is 1.67 bits per heavy atom. The second kappa shape index (κ2) is 9.14. The zero-order valence-corrected chi connectivity index (χ0v) is 15.8. The Hall–Kier alpha value is -2.19. The molecule has 6 nitrogen and oxygen atoms in total. The molecule has 0 aliphatic carbocycles. The predicted molar refractivity (Wildman–Crippen MR) is 103 cm³/mol. The molecular formula is C20H23NO5S. The largest absolute Gasteiger partial charge is 0.461 e. The molecule has 27 heavy (non-hydrogen) atoms. The van der Waals surface area contributed by atoms with Gasteiger partial charge < -0.3 is 14.2 Å². The molecule has 0 saturated heterocycles. The summed E-state index contributed by atoms with van der Waals surface area (Å²) >= 11 is 0. The monoisotopic (exact) mass is 389 g/mol. The summed E-state index contributed by atoms with van der Waals surface area (Å²) in [6.45, 7) is 0.640. The van der Waals surface area contributed by atoms with Gasteiger partial charge >= 0.3 is 0 Å². The molecule has 3 atom stereocenters. The zero-order chi connectivity index (χ0) is 19.1. The summed E-state index contributed by atoms with van der Waals surface area (Å²) < 4.78 is 43.3. The van der Waals surface area contributed by atoms with Gasteiger partial charge in [-0.3, -0.25) is 0 Å². The van der Waals surface area contributed by atoms with E-state index in [2.05, 4.69) is 4.72 Å². The number of benzene rings is 2. The lowest BCUT2D eigenvalue weighted by atomic mass is 10.1. The van der Waals surface area contributed by atoms with Gasteiger partial charge in [-0.05, 0) is 23.8 Å². The van der Waals surface area contributed by atoms with Crippen molar-refractivity contribution in [2.45, 2.75) is 25.0 Å². The number of hydrogen-bond acceptors (Lipinski definition) is 5.